The van der Waals surface area contributed by atoms with Crippen molar-refractivity contribution in [2.45, 2.75) is 33.2 Å². The third kappa shape index (κ3) is 5.55. The quantitative estimate of drug-likeness (QED) is 0.855. The number of hydrogen-bond donors (Lipinski definition) is 2. The van der Waals surface area contributed by atoms with E-state index in [1.165, 1.54) is 12.1 Å². The number of carbonyl (C=O) groups excluding carboxylic acids is 1. The molecule has 0 aliphatic carbocycles. The first-order valence-corrected chi connectivity index (χ1v) is 6.81. The van der Waals surface area contributed by atoms with E-state index < -0.39 is 29.5 Å². The molecule has 1 atom stereocenters. The standard InChI is InChI=1S/C13H16BrF3N2O2/c1-12(2,3)10(18)11(20)19-8-5-4-7(14)6-9(8)21-13(15,16)17/h4-6,10H,18H2,1-3H3,(H,19,20)/t10-/m0/s1. The minimum atomic E-state index is -4.85. The van der Waals surface area contributed by atoms with E-state index in [4.69, 9.17) is 5.73 Å². The van der Waals surface area contributed by atoms with Crippen molar-refractivity contribution in [2.75, 3.05) is 5.32 Å². The molecule has 0 saturated heterocycles. The molecule has 0 aromatic heterocycles. The second-order valence-electron chi connectivity index (χ2n) is 5.52. The van der Waals surface area contributed by atoms with Gasteiger partial charge >= 0.3 is 6.36 Å². The molecular formula is C13H16BrF3N2O2. The van der Waals surface area contributed by atoms with E-state index >= 15 is 0 Å². The Balaban J connectivity index is 3.01. The number of alkyl halides is 3. The molecule has 0 heterocycles. The fourth-order valence-electron chi connectivity index (χ4n) is 1.41. The van der Waals surface area contributed by atoms with Crippen LogP contribution >= 0.6 is 15.9 Å². The highest BCUT2D eigenvalue weighted by Gasteiger charge is 2.33. The third-order valence-corrected chi connectivity index (χ3v) is 3.14. The minimum absolute atomic E-state index is 0.0970. The topological polar surface area (TPSA) is 64.4 Å². The van der Waals surface area contributed by atoms with Crippen molar-refractivity contribution in [1.29, 1.82) is 0 Å². The van der Waals surface area contributed by atoms with E-state index in [2.05, 4.69) is 26.0 Å². The zero-order valence-corrected chi connectivity index (χ0v) is 13.3. The highest BCUT2D eigenvalue weighted by molar-refractivity contribution is 9.10. The number of ether oxygens (including phenoxy) is 1. The molecule has 1 rings (SSSR count). The number of rotatable bonds is 3. The lowest BCUT2D eigenvalue weighted by Gasteiger charge is -2.26. The number of halogens is 4. The predicted molar refractivity (Wildman–Crippen MR) is 76.9 cm³/mol. The molecule has 0 bridgehead atoms. The molecule has 0 aliphatic rings. The van der Waals surface area contributed by atoms with Crippen LogP contribution in [0.1, 0.15) is 20.8 Å². The van der Waals surface area contributed by atoms with Crippen LogP contribution in [-0.2, 0) is 4.79 Å². The molecule has 1 amide bonds. The monoisotopic (exact) mass is 368 g/mol. The zero-order chi connectivity index (χ0) is 16.4. The zero-order valence-electron chi connectivity index (χ0n) is 11.7. The number of benzene rings is 1. The van der Waals surface area contributed by atoms with Crippen LogP contribution in [0.3, 0.4) is 0 Å². The second-order valence-corrected chi connectivity index (χ2v) is 6.44. The summed E-state index contributed by atoms with van der Waals surface area (Å²) in [6, 6.07) is 3.03. The smallest absolute Gasteiger partial charge is 0.404 e. The molecule has 3 N–H and O–H groups in total. The fourth-order valence-corrected chi connectivity index (χ4v) is 1.75. The van der Waals surface area contributed by atoms with Gasteiger partial charge < -0.3 is 15.8 Å². The molecule has 0 unspecified atom stereocenters. The maximum absolute atomic E-state index is 12.4. The van der Waals surface area contributed by atoms with Crippen LogP contribution in [0.4, 0.5) is 18.9 Å². The summed E-state index contributed by atoms with van der Waals surface area (Å²) in [6.45, 7) is 5.27. The predicted octanol–water partition coefficient (Wildman–Crippen LogP) is 3.66. The van der Waals surface area contributed by atoms with Gasteiger partial charge in [-0.25, -0.2) is 0 Å². The van der Waals surface area contributed by atoms with Crippen LogP contribution in [0.25, 0.3) is 0 Å². The van der Waals surface area contributed by atoms with Crippen LogP contribution in [-0.4, -0.2) is 18.3 Å². The Kier molecular flexibility index (Phi) is 5.27. The molecule has 4 nitrogen and oxygen atoms in total. The van der Waals surface area contributed by atoms with Gasteiger partial charge in [0, 0.05) is 4.47 Å². The van der Waals surface area contributed by atoms with Gasteiger partial charge in [-0.15, -0.1) is 13.2 Å². The molecule has 0 spiro atoms. The van der Waals surface area contributed by atoms with Crippen molar-refractivity contribution < 1.29 is 22.7 Å². The summed E-state index contributed by atoms with van der Waals surface area (Å²) in [5.74, 6) is -1.09. The highest BCUT2D eigenvalue weighted by Crippen LogP contribution is 2.33. The molecule has 8 heteroatoms. The summed E-state index contributed by atoms with van der Waals surface area (Å²) in [7, 11) is 0. The van der Waals surface area contributed by atoms with Crippen molar-refractivity contribution in [1.82, 2.24) is 0 Å². The lowest BCUT2D eigenvalue weighted by atomic mass is 9.87. The Hall–Kier alpha value is -1.28. The van der Waals surface area contributed by atoms with E-state index in [9.17, 15) is 18.0 Å². The lowest BCUT2D eigenvalue weighted by Crippen LogP contribution is -2.45. The molecule has 21 heavy (non-hydrogen) atoms. The molecule has 0 aliphatic heterocycles. The number of nitrogens with two attached hydrogens (primary N) is 1. The molecule has 0 saturated carbocycles. The van der Waals surface area contributed by atoms with Gasteiger partial charge in [-0.05, 0) is 23.6 Å². The van der Waals surface area contributed by atoms with Crippen molar-refractivity contribution in [3.63, 3.8) is 0 Å². The van der Waals surface area contributed by atoms with Crippen LogP contribution in [0.2, 0.25) is 0 Å². The Morgan fingerprint density at radius 2 is 1.90 bits per heavy atom. The van der Waals surface area contributed by atoms with Gasteiger partial charge in [-0.1, -0.05) is 36.7 Å². The normalized spacial score (nSPS) is 13.7. The van der Waals surface area contributed by atoms with Crippen molar-refractivity contribution in [2.24, 2.45) is 11.1 Å². The van der Waals surface area contributed by atoms with E-state index in [0.717, 1.165) is 6.07 Å². The van der Waals surface area contributed by atoms with Crippen LogP contribution in [0.15, 0.2) is 22.7 Å². The van der Waals surface area contributed by atoms with Crippen molar-refractivity contribution in [3.8, 4) is 5.75 Å². The first kappa shape index (κ1) is 17.8. The van der Waals surface area contributed by atoms with E-state index in [1.54, 1.807) is 20.8 Å². The van der Waals surface area contributed by atoms with Gasteiger partial charge in [0.1, 0.15) is 0 Å². The van der Waals surface area contributed by atoms with Gasteiger partial charge in [0.2, 0.25) is 5.91 Å². The first-order valence-electron chi connectivity index (χ1n) is 6.02. The van der Waals surface area contributed by atoms with E-state index in [0.29, 0.717) is 4.47 Å². The SMILES string of the molecule is CC(C)(C)[C@@H](N)C(=O)Nc1ccc(Br)cc1OC(F)(F)F. The molecule has 1 aromatic rings. The van der Waals surface area contributed by atoms with Crippen molar-refractivity contribution >= 4 is 27.5 Å². The summed E-state index contributed by atoms with van der Waals surface area (Å²) in [5.41, 5.74) is 5.14. The molecule has 0 fully saturated rings. The lowest BCUT2D eigenvalue weighted by molar-refractivity contribution is -0.274. The van der Waals surface area contributed by atoms with Crippen molar-refractivity contribution in [3.05, 3.63) is 22.7 Å². The van der Waals surface area contributed by atoms with Gasteiger partial charge in [0.25, 0.3) is 0 Å². The minimum Gasteiger partial charge on any atom is -0.404 e. The van der Waals surface area contributed by atoms with Gasteiger partial charge in [0.15, 0.2) is 5.75 Å². The number of carbonyl (C=O) groups is 1. The third-order valence-electron chi connectivity index (χ3n) is 2.64. The second kappa shape index (κ2) is 6.23. The van der Waals surface area contributed by atoms with Crippen LogP contribution < -0.4 is 15.8 Å². The Morgan fingerprint density at radius 1 is 1.33 bits per heavy atom. The average molecular weight is 369 g/mol. The highest BCUT2D eigenvalue weighted by atomic mass is 79.9. The van der Waals surface area contributed by atoms with E-state index in [-0.39, 0.29) is 5.69 Å². The number of amides is 1. The van der Waals surface area contributed by atoms with Crippen LogP contribution in [0.5, 0.6) is 5.75 Å². The van der Waals surface area contributed by atoms with Crippen LogP contribution in [0, 0.1) is 5.41 Å². The maximum Gasteiger partial charge on any atom is 0.573 e. The van der Waals surface area contributed by atoms with Gasteiger partial charge in [-0.3, -0.25) is 4.79 Å². The Labute approximate surface area is 129 Å². The van der Waals surface area contributed by atoms with E-state index in [1.807, 2.05) is 0 Å². The first-order chi connectivity index (χ1) is 9.40. The molecule has 0 radical (unpaired) electrons. The summed E-state index contributed by atoms with van der Waals surface area (Å²) in [6.07, 6.45) is -4.85. The number of nitrogens with one attached hydrogen (secondary N) is 1. The molecule has 1 aromatic carbocycles. The molecule has 118 valence electrons. The summed E-state index contributed by atoms with van der Waals surface area (Å²) >= 11 is 3.05. The van der Waals surface area contributed by atoms with Gasteiger partial charge in [0.05, 0.1) is 11.7 Å². The summed E-state index contributed by atoms with van der Waals surface area (Å²) < 4.78 is 41.4. The Bertz CT molecular complexity index is 527. The maximum atomic E-state index is 12.4. The Morgan fingerprint density at radius 3 is 2.38 bits per heavy atom. The number of hydrogen-bond acceptors (Lipinski definition) is 3. The average Bonchev–Trinajstić information content (AvgIpc) is 2.28. The summed E-state index contributed by atoms with van der Waals surface area (Å²) in [5, 5.41) is 2.36. The largest absolute Gasteiger partial charge is 0.573 e. The van der Waals surface area contributed by atoms with Gasteiger partial charge in [-0.2, -0.15) is 0 Å². The fraction of sp³-hybridized carbons (Fsp3) is 0.462. The molecular weight excluding hydrogens is 353 g/mol. The summed E-state index contributed by atoms with van der Waals surface area (Å²) in [4.78, 5) is 12.0. The number of anilines is 1.